The molecule has 1 heterocycles. The van der Waals surface area contributed by atoms with Gasteiger partial charge in [-0.15, -0.1) is 0 Å². The van der Waals surface area contributed by atoms with E-state index in [-0.39, 0.29) is 18.9 Å². The van der Waals surface area contributed by atoms with Crippen molar-refractivity contribution < 1.29 is 19.8 Å². The third-order valence-electron chi connectivity index (χ3n) is 5.88. The smallest absolute Gasteiger partial charge is 0.326 e. The summed E-state index contributed by atoms with van der Waals surface area (Å²) in [6.45, 7) is 2.42. The molecule has 0 radical (unpaired) electrons. The number of likely N-dealkylation sites (tertiary alicyclic amines) is 1. The number of carboxylic acid groups (broad SMARTS) is 1. The second-order valence-electron chi connectivity index (χ2n) is 8.49. The highest BCUT2D eigenvalue weighted by Crippen LogP contribution is 2.20. The maximum Gasteiger partial charge on any atom is 0.326 e. The van der Waals surface area contributed by atoms with Gasteiger partial charge in [-0.25, -0.2) is 4.79 Å². The van der Waals surface area contributed by atoms with Crippen LogP contribution in [0.15, 0.2) is 0 Å². The molecular formula is C23H43NO4. The predicted molar refractivity (Wildman–Crippen MR) is 113 cm³/mol. The molecule has 0 aliphatic carbocycles. The van der Waals surface area contributed by atoms with Crippen LogP contribution in [0.25, 0.3) is 0 Å². The first-order valence-corrected chi connectivity index (χ1v) is 11.8. The van der Waals surface area contributed by atoms with Gasteiger partial charge < -0.3 is 15.1 Å². The highest BCUT2D eigenvalue weighted by Gasteiger charge is 2.38. The van der Waals surface area contributed by atoms with Crippen molar-refractivity contribution >= 4 is 11.9 Å². The van der Waals surface area contributed by atoms with E-state index in [1.807, 2.05) is 0 Å². The number of carbonyl (C=O) groups is 2. The first-order chi connectivity index (χ1) is 13.6. The fraction of sp³-hybridized carbons (Fsp3) is 0.913. The molecule has 0 aromatic rings. The SMILES string of the molecule is CCCCCCCCCCCCCCCCCC(=O)N1CC(O)C[C@H]1C(=O)O. The Kier molecular flexibility index (Phi) is 14.1. The van der Waals surface area contributed by atoms with Gasteiger partial charge >= 0.3 is 5.97 Å². The van der Waals surface area contributed by atoms with Crippen molar-refractivity contribution in [2.45, 2.75) is 128 Å². The molecule has 5 nitrogen and oxygen atoms in total. The molecule has 1 unspecified atom stereocenters. The minimum atomic E-state index is -1.01. The number of unbranched alkanes of at least 4 members (excludes halogenated alkanes) is 14. The van der Waals surface area contributed by atoms with Crippen LogP contribution in [0.3, 0.4) is 0 Å². The number of carbonyl (C=O) groups excluding carboxylic acids is 1. The lowest BCUT2D eigenvalue weighted by molar-refractivity contribution is -0.148. The number of β-amino-alcohol motifs (C(OH)–C–C–N with tert-alkyl or cyclic N) is 1. The summed E-state index contributed by atoms with van der Waals surface area (Å²) in [5.74, 6) is -1.14. The number of aliphatic carboxylic acids is 1. The highest BCUT2D eigenvalue weighted by molar-refractivity contribution is 5.84. The maximum atomic E-state index is 12.2. The van der Waals surface area contributed by atoms with E-state index in [4.69, 9.17) is 5.11 Å². The molecule has 28 heavy (non-hydrogen) atoms. The topological polar surface area (TPSA) is 77.8 Å². The van der Waals surface area contributed by atoms with Crippen LogP contribution in [-0.2, 0) is 9.59 Å². The monoisotopic (exact) mass is 397 g/mol. The van der Waals surface area contributed by atoms with Crippen LogP contribution in [-0.4, -0.2) is 45.7 Å². The van der Waals surface area contributed by atoms with E-state index in [0.29, 0.717) is 6.42 Å². The average molecular weight is 398 g/mol. The predicted octanol–water partition coefficient (Wildman–Crippen LogP) is 5.29. The lowest BCUT2D eigenvalue weighted by Crippen LogP contribution is -2.40. The molecule has 2 atom stereocenters. The average Bonchev–Trinajstić information content (AvgIpc) is 3.07. The number of aliphatic hydroxyl groups excluding tert-OH is 1. The Balaban J connectivity index is 1.89. The van der Waals surface area contributed by atoms with E-state index in [1.165, 1.54) is 81.9 Å². The van der Waals surface area contributed by atoms with E-state index in [0.717, 1.165) is 19.3 Å². The van der Waals surface area contributed by atoms with E-state index in [1.54, 1.807) is 0 Å². The number of amides is 1. The van der Waals surface area contributed by atoms with E-state index in [9.17, 15) is 14.7 Å². The Morgan fingerprint density at radius 3 is 1.64 bits per heavy atom. The number of carboxylic acids is 1. The Hall–Kier alpha value is -1.10. The van der Waals surface area contributed by atoms with Gasteiger partial charge in [-0.3, -0.25) is 4.79 Å². The number of aliphatic hydroxyl groups is 1. The molecule has 1 amide bonds. The molecule has 0 saturated carbocycles. The minimum Gasteiger partial charge on any atom is -0.480 e. The number of rotatable bonds is 17. The standard InChI is InChI=1S/C23H43NO4/c1-2-3-4-5-6-7-8-9-10-11-12-13-14-15-16-17-22(26)24-19-20(25)18-21(24)23(27)28/h20-21,25H,2-19H2,1H3,(H,27,28)/t20?,21-/m0/s1. The quantitative estimate of drug-likeness (QED) is 0.327. The van der Waals surface area contributed by atoms with Crippen LogP contribution in [0.4, 0.5) is 0 Å². The summed E-state index contributed by atoms with van der Waals surface area (Å²) < 4.78 is 0. The molecule has 5 heteroatoms. The number of hydrogen-bond acceptors (Lipinski definition) is 3. The summed E-state index contributed by atoms with van der Waals surface area (Å²) >= 11 is 0. The summed E-state index contributed by atoms with van der Waals surface area (Å²) in [7, 11) is 0. The molecule has 1 aliphatic rings. The lowest BCUT2D eigenvalue weighted by atomic mass is 10.0. The third-order valence-corrected chi connectivity index (χ3v) is 5.88. The zero-order valence-corrected chi connectivity index (χ0v) is 18.0. The van der Waals surface area contributed by atoms with Crippen molar-refractivity contribution in [3.63, 3.8) is 0 Å². The lowest BCUT2D eigenvalue weighted by Gasteiger charge is -2.21. The zero-order valence-electron chi connectivity index (χ0n) is 18.0. The number of hydrogen-bond donors (Lipinski definition) is 2. The van der Waals surface area contributed by atoms with E-state index < -0.39 is 18.1 Å². The maximum absolute atomic E-state index is 12.2. The molecule has 164 valence electrons. The summed E-state index contributed by atoms with van der Waals surface area (Å²) in [6.07, 6.45) is 19.1. The molecule has 2 N–H and O–H groups in total. The van der Waals surface area contributed by atoms with Gasteiger partial charge in [0.1, 0.15) is 6.04 Å². The molecule has 0 spiro atoms. The van der Waals surface area contributed by atoms with Gasteiger partial charge in [0, 0.05) is 19.4 Å². The second kappa shape index (κ2) is 15.8. The van der Waals surface area contributed by atoms with Crippen LogP contribution in [0, 0.1) is 0 Å². The molecule has 0 aromatic heterocycles. The van der Waals surface area contributed by atoms with Crippen molar-refractivity contribution in [2.75, 3.05) is 6.54 Å². The van der Waals surface area contributed by atoms with Crippen LogP contribution in [0.1, 0.15) is 116 Å². The molecule has 1 aliphatic heterocycles. The van der Waals surface area contributed by atoms with Crippen molar-refractivity contribution in [3.05, 3.63) is 0 Å². The fourth-order valence-electron chi connectivity index (χ4n) is 4.11. The summed E-state index contributed by atoms with van der Waals surface area (Å²) in [5, 5.41) is 18.8. The van der Waals surface area contributed by atoms with Crippen molar-refractivity contribution in [1.29, 1.82) is 0 Å². The normalized spacial score (nSPS) is 19.3. The first-order valence-electron chi connectivity index (χ1n) is 11.8. The fourth-order valence-corrected chi connectivity index (χ4v) is 4.11. The molecule has 1 saturated heterocycles. The first kappa shape index (κ1) is 24.9. The summed E-state index contributed by atoms with van der Waals surface area (Å²) in [5.41, 5.74) is 0. The molecule has 0 aromatic carbocycles. The van der Waals surface area contributed by atoms with Crippen molar-refractivity contribution in [3.8, 4) is 0 Å². The van der Waals surface area contributed by atoms with Gasteiger partial charge in [-0.2, -0.15) is 0 Å². The molecule has 1 rings (SSSR count). The minimum absolute atomic E-state index is 0.126. The third kappa shape index (κ3) is 11.0. The van der Waals surface area contributed by atoms with Crippen molar-refractivity contribution in [2.24, 2.45) is 0 Å². The zero-order chi connectivity index (χ0) is 20.6. The molecule has 0 bridgehead atoms. The summed E-state index contributed by atoms with van der Waals surface area (Å²) in [4.78, 5) is 24.7. The van der Waals surface area contributed by atoms with Crippen LogP contribution in [0.5, 0.6) is 0 Å². The Bertz CT molecular complexity index is 427. The van der Waals surface area contributed by atoms with Gasteiger partial charge in [-0.05, 0) is 6.42 Å². The van der Waals surface area contributed by atoms with Gasteiger partial charge in [-0.1, -0.05) is 96.8 Å². The number of nitrogens with zero attached hydrogens (tertiary/aromatic N) is 1. The Morgan fingerprint density at radius 1 is 0.786 bits per heavy atom. The van der Waals surface area contributed by atoms with E-state index in [2.05, 4.69) is 6.92 Å². The van der Waals surface area contributed by atoms with Gasteiger partial charge in [0.15, 0.2) is 0 Å². The largest absolute Gasteiger partial charge is 0.480 e. The summed E-state index contributed by atoms with van der Waals surface area (Å²) in [6, 6.07) is -0.848. The van der Waals surface area contributed by atoms with Crippen LogP contribution in [0.2, 0.25) is 0 Å². The molecule has 1 fully saturated rings. The van der Waals surface area contributed by atoms with Crippen LogP contribution < -0.4 is 0 Å². The van der Waals surface area contributed by atoms with E-state index >= 15 is 0 Å². The highest BCUT2D eigenvalue weighted by atomic mass is 16.4. The van der Waals surface area contributed by atoms with Gasteiger partial charge in [0.05, 0.1) is 6.10 Å². The van der Waals surface area contributed by atoms with Gasteiger partial charge in [0.2, 0.25) is 5.91 Å². The second-order valence-corrected chi connectivity index (χ2v) is 8.49. The van der Waals surface area contributed by atoms with Crippen LogP contribution >= 0.6 is 0 Å². The van der Waals surface area contributed by atoms with Crippen molar-refractivity contribution in [1.82, 2.24) is 4.90 Å². The van der Waals surface area contributed by atoms with Gasteiger partial charge in [0.25, 0.3) is 0 Å². The molecular weight excluding hydrogens is 354 g/mol. The Labute approximate surface area is 171 Å². The Morgan fingerprint density at radius 2 is 1.21 bits per heavy atom.